The molecule has 1 rings (SSSR count). The lowest BCUT2D eigenvalue weighted by molar-refractivity contribution is -0.158. The quantitative estimate of drug-likeness (QED) is 0.672. The second-order valence-electron chi connectivity index (χ2n) is 5.44. The van der Waals surface area contributed by atoms with Crippen molar-refractivity contribution in [3.63, 3.8) is 0 Å². The van der Waals surface area contributed by atoms with E-state index in [0.29, 0.717) is 6.54 Å². The van der Waals surface area contributed by atoms with Crippen molar-refractivity contribution in [3.8, 4) is 0 Å². The Morgan fingerprint density at radius 2 is 1.74 bits per heavy atom. The maximum absolute atomic E-state index is 12.0. The summed E-state index contributed by atoms with van der Waals surface area (Å²) in [6.45, 7) is 6.31. The third-order valence-electron chi connectivity index (χ3n) is 3.18. The van der Waals surface area contributed by atoms with Crippen LogP contribution in [0.2, 0.25) is 0 Å². The smallest absolute Gasteiger partial charge is 0.313 e. The summed E-state index contributed by atoms with van der Waals surface area (Å²) >= 11 is 0. The van der Waals surface area contributed by atoms with Crippen LogP contribution in [0.25, 0.3) is 0 Å². The third-order valence-corrected chi connectivity index (χ3v) is 3.18. The van der Waals surface area contributed by atoms with Gasteiger partial charge in [-0.05, 0) is 20.3 Å². The summed E-state index contributed by atoms with van der Waals surface area (Å²) < 4.78 is 4.71. The van der Waals surface area contributed by atoms with Crippen LogP contribution >= 0.6 is 0 Å². The van der Waals surface area contributed by atoms with E-state index < -0.39 is 5.41 Å². The first-order valence-electron chi connectivity index (χ1n) is 6.45. The normalized spacial score (nSPS) is 16.8. The highest BCUT2D eigenvalue weighted by Gasteiger charge is 2.37. The SMILES string of the molecule is CCCN1CC(=O)N(CC(C)(C)C(=O)OC)CC1=O. The molecule has 0 aliphatic carbocycles. The first kappa shape index (κ1) is 15.5. The van der Waals surface area contributed by atoms with Crippen molar-refractivity contribution < 1.29 is 19.1 Å². The second kappa shape index (κ2) is 6.04. The molecule has 0 bridgehead atoms. The van der Waals surface area contributed by atoms with E-state index in [1.807, 2.05) is 6.92 Å². The van der Waals surface area contributed by atoms with Gasteiger partial charge in [-0.25, -0.2) is 0 Å². The Kier molecular flexibility index (Phi) is 4.91. The predicted octanol–water partition coefficient (Wildman–Crippen LogP) is 0.266. The minimum Gasteiger partial charge on any atom is -0.469 e. The number of hydrogen-bond acceptors (Lipinski definition) is 4. The van der Waals surface area contributed by atoms with Crippen molar-refractivity contribution >= 4 is 17.8 Å². The van der Waals surface area contributed by atoms with Crippen molar-refractivity contribution in [1.82, 2.24) is 9.80 Å². The van der Waals surface area contributed by atoms with Crippen LogP contribution in [-0.4, -0.2) is 60.9 Å². The maximum atomic E-state index is 12.0. The zero-order valence-corrected chi connectivity index (χ0v) is 12.1. The first-order valence-corrected chi connectivity index (χ1v) is 6.45. The number of ether oxygens (including phenoxy) is 1. The molecule has 0 N–H and O–H groups in total. The van der Waals surface area contributed by atoms with Gasteiger partial charge < -0.3 is 14.5 Å². The number of carbonyl (C=O) groups is 3. The first-order chi connectivity index (χ1) is 8.81. The largest absolute Gasteiger partial charge is 0.469 e. The molecule has 6 nitrogen and oxygen atoms in total. The number of nitrogens with zero attached hydrogens (tertiary/aromatic N) is 2. The lowest BCUT2D eigenvalue weighted by Crippen LogP contribution is -2.56. The Morgan fingerprint density at radius 3 is 2.26 bits per heavy atom. The summed E-state index contributed by atoms with van der Waals surface area (Å²) in [6, 6.07) is 0. The van der Waals surface area contributed by atoms with Gasteiger partial charge >= 0.3 is 5.97 Å². The van der Waals surface area contributed by atoms with E-state index in [-0.39, 0.29) is 37.4 Å². The average Bonchev–Trinajstić information content (AvgIpc) is 2.34. The minimum absolute atomic E-state index is 0.0409. The lowest BCUT2D eigenvalue weighted by Gasteiger charge is -2.37. The minimum atomic E-state index is -0.808. The molecule has 0 atom stereocenters. The van der Waals surface area contributed by atoms with Gasteiger partial charge in [0.2, 0.25) is 11.8 Å². The topological polar surface area (TPSA) is 66.9 Å². The van der Waals surface area contributed by atoms with Gasteiger partial charge in [-0.3, -0.25) is 14.4 Å². The van der Waals surface area contributed by atoms with Gasteiger partial charge in [-0.2, -0.15) is 0 Å². The molecule has 1 aliphatic rings. The van der Waals surface area contributed by atoms with E-state index in [4.69, 9.17) is 4.74 Å². The van der Waals surface area contributed by atoms with Gasteiger partial charge in [-0.1, -0.05) is 6.92 Å². The summed E-state index contributed by atoms with van der Waals surface area (Å²) in [5.74, 6) is -0.573. The molecular formula is C13H22N2O4. The molecule has 0 aromatic rings. The number of methoxy groups -OCH3 is 1. The predicted molar refractivity (Wildman–Crippen MR) is 69.2 cm³/mol. The van der Waals surface area contributed by atoms with Crippen LogP contribution in [-0.2, 0) is 19.1 Å². The van der Waals surface area contributed by atoms with Crippen LogP contribution in [0.5, 0.6) is 0 Å². The van der Waals surface area contributed by atoms with Crippen molar-refractivity contribution in [1.29, 1.82) is 0 Å². The van der Waals surface area contributed by atoms with Gasteiger partial charge in [-0.15, -0.1) is 0 Å². The molecule has 0 saturated carbocycles. The van der Waals surface area contributed by atoms with Crippen molar-refractivity contribution in [2.24, 2.45) is 5.41 Å². The number of piperazine rings is 1. The summed E-state index contributed by atoms with van der Waals surface area (Å²) in [5.41, 5.74) is -0.808. The molecule has 1 saturated heterocycles. The number of hydrogen-bond donors (Lipinski definition) is 0. The molecule has 0 unspecified atom stereocenters. The highest BCUT2D eigenvalue weighted by atomic mass is 16.5. The number of rotatable bonds is 5. The Hall–Kier alpha value is -1.59. The number of carbonyl (C=O) groups excluding carboxylic acids is 3. The van der Waals surface area contributed by atoms with Gasteiger partial charge in [0.05, 0.1) is 25.6 Å². The van der Waals surface area contributed by atoms with Crippen LogP contribution in [0, 0.1) is 5.41 Å². The molecule has 108 valence electrons. The van der Waals surface area contributed by atoms with Gasteiger partial charge in [0.25, 0.3) is 0 Å². The molecule has 6 heteroatoms. The average molecular weight is 270 g/mol. The monoisotopic (exact) mass is 270 g/mol. The van der Waals surface area contributed by atoms with Gasteiger partial charge in [0, 0.05) is 13.1 Å². The van der Waals surface area contributed by atoms with E-state index in [9.17, 15) is 14.4 Å². The van der Waals surface area contributed by atoms with Crippen molar-refractivity contribution in [3.05, 3.63) is 0 Å². The number of amides is 2. The standard InChI is InChI=1S/C13H22N2O4/c1-5-6-14-7-11(17)15(8-10(14)16)9-13(2,3)12(18)19-4/h5-9H2,1-4H3. The van der Waals surface area contributed by atoms with Gasteiger partial charge in [0.1, 0.15) is 0 Å². The molecule has 0 aromatic carbocycles. The highest BCUT2D eigenvalue weighted by Crippen LogP contribution is 2.20. The zero-order chi connectivity index (χ0) is 14.6. The van der Waals surface area contributed by atoms with Crippen LogP contribution in [0.4, 0.5) is 0 Å². The zero-order valence-electron chi connectivity index (χ0n) is 12.1. The summed E-state index contributed by atoms with van der Waals surface area (Å²) in [6.07, 6.45) is 0.826. The van der Waals surface area contributed by atoms with E-state index in [1.165, 1.54) is 12.0 Å². The van der Waals surface area contributed by atoms with Crippen LogP contribution in [0.3, 0.4) is 0 Å². The fraction of sp³-hybridized carbons (Fsp3) is 0.769. The Labute approximate surface area is 113 Å². The van der Waals surface area contributed by atoms with Crippen LogP contribution < -0.4 is 0 Å². The van der Waals surface area contributed by atoms with E-state index in [2.05, 4.69) is 0 Å². The summed E-state index contributed by atoms with van der Waals surface area (Å²) in [7, 11) is 1.32. The third kappa shape index (κ3) is 3.68. The fourth-order valence-corrected chi connectivity index (χ4v) is 2.14. The molecule has 19 heavy (non-hydrogen) atoms. The lowest BCUT2D eigenvalue weighted by atomic mass is 9.92. The summed E-state index contributed by atoms with van der Waals surface area (Å²) in [5, 5.41) is 0. The van der Waals surface area contributed by atoms with Crippen LogP contribution in [0.1, 0.15) is 27.2 Å². The molecule has 0 aromatic heterocycles. The van der Waals surface area contributed by atoms with E-state index in [1.54, 1.807) is 18.7 Å². The van der Waals surface area contributed by atoms with Gasteiger partial charge in [0.15, 0.2) is 0 Å². The number of esters is 1. The highest BCUT2D eigenvalue weighted by molar-refractivity contribution is 5.93. The van der Waals surface area contributed by atoms with Crippen molar-refractivity contribution in [2.45, 2.75) is 27.2 Å². The van der Waals surface area contributed by atoms with Crippen molar-refractivity contribution in [2.75, 3.05) is 33.3 Å². The molecular weight excluding hydrogens is 248 g/mol. The molecule has 1 heterocycles. The Morgan fingerprint density at radius 1 is 1.21 bits per heavy atom. The fourth-order valence-electron chi connectivity index (χ4n) is 2.14. The molecule has 0 spiro atoms. The maximum Gasteiger partial charge on any atom is 0.313 e. The molecule has 1 aliphatic heterocycles. The molecule has 0 radical (unpaired) electrons. The Bertz CT molecular complexity index is 379. The van der Waals surface area contributed by atoms with E-state index in [0.717, 1.165) is 6.42 Å². The molecule has 2 amide bonds. The van der Waals surface area contributed by atoms with Crippen LogP contribution in [0.15, 0.2) is 0 Å². The molecule has 1 fully saturated rings. The second-order valence-corrected chi connectivity index (χ2v) is 5.44. The van der Waals surface area contributed by atoms with E-state index >= 15 is 0 Å². The Balaban J connectivity index is 2.69. The summed E-state index contributed by atoms with van der Waals surface area (Å²) in [4.78, 5) is 38.5.